The maximum Gasteiger partial charge on any atom is 0.147 e. The van der Waals surface area contributed by atoms with E-state index >= 15 is 0 Å². The Kier molecular flexibility index (Phi) is 3.71. The number of benzene rings is 2. The molecule has 1 aromatic heterocycles. The molecule has 0 aliphatic rings. The highest BCUT2D eigenvalue weighted by Gasteiger charge is 2.11. The number of hydrogen-bond donors (Lipinski definition) is 1. The van der Waals surface area contributed by atoms with E-state index in [1.54, 1.807) is 0 Å². The number of anilines is 1. The second kappa shape index (κ2) is 5.66. The van der Waals surface area contributed by atoms with Crippen LogP contribution in [0, 0.1) is 0 Å². The zero-order valence-corrected chi connectivity index (χ0v) is 12.5. The Bertz CT molecular complexity index is 782. The van der Waals surface area contributed by atoms with Gasteiger partial charge in [0.2, 0.25) is 0 Å². The Labute approximate surface area is 128 Å². The monoisotopic (exact) mass is 301 g/mol. The summed E-state index contributed by atoms with van der Waals surface area (Å²) in [5.41, 5.74) is 8.44. The number of para-hydroxylation sites is 2. The van der Waals surface area contributed by atoms with Crippen molar-refractivity contribution >= 4 is 28.3 Å². The summed E-state index contributed by atoms with van der Waals surface area (Å²) in [6, 6.07) is 13.2. The van der Waals surface area contributed by atoms with E-state index in [-0.39, 0.29) is 0 Å². The molecule has 3 rings (SSSR count). The summed E-state index contributed by atoms with van der Waals surface area (Å²) >= 11 is 6.02. The van der Waals surface area contributed by atoms with Gasteiger partial charge in [0, 0.05) is 11.6 Å². The van der Waals surface area contributed by atoms with E-state index in [0.717, 1.165) is 23.4 Å². The number of hydrogen-bond acceptors (Lipinski definition) is 3. The molecular weight excluding hydrogens is 286 g/mol. The Morgan fingerprint density at radius 2 is 2.05 bits per heavy atom. The van der Waals surface area contributed by atoms with E-state index in [1.807, 2.05) is 42.5 Å². The summed E-state index contributed by atoms with van der Waals surface area (Å²) in [5.74, 6) is 1.53. The molecule has 108 valence electrons. The highest BCUT2D eigenvalue weighted by atomic mass is 35.5. The van der Waals surface area contributed by atoms with Gasteiger partial charge < -0.3 is 15.0 Å². The van der Waals surface area contributed by atoms with Crippen LogP contribution in [0.25, 0.3) is 11.0 Å². The Balaban J connectivity index is 1.92. The van der Waals surface area contributed by atoms with Crippen LogP contribution < -0.4 is 10.5 Å². The lowest BCUT2D eigenvalue weighted by atomic mass is 10.3. The van der Waals surface area contributed by atoms with Crippen LogP contribution in [-0.4, -0.2) is 9.55 Å². The molecule has 0 unspecified atom stereocenters. The summed E-state index contributed by atoms with van der Waals surface area (Å²) in [7, 11) is 0. The highest BCUT2D eigenvalue weighted by molar-refractivity contribution is 6.31. The molecule has 0 aliphatic heterocycles. The number of nitrogen functional groups attached to an aromatic ring is 1. The fourth-order valence-corrected chi connectivity index (χ4v) is 2.54. The van der Waals surface area contributed by atoms with Crippen LogP contribution >= 0.6 is 11.6 Å². The predicted octanol–water partition coefficient (Wildman–Crippen LogP) is 3.87. The van der Waals surface area contributed by atoms with E-state index in [9.17, 15) is 0 Å². The number of halogens is 1. The summed E-state index contributed by atoms with van der Waals surface area (Å²) in [6.07, 6.45) is 0. The molecule has 2 N–H and O–H groups in total. The molecule has 3 aromatic rings. The first kappa shape index (κ1) is 13.8. The van der Waals surface area contributed by atoms with Crippen molar-refractivity contribution in [1.82, 2.24) is 9.55 Å². The highest BCUT2D eigenvalue weighted by Crippen LogP contribution is 2.24. The van der Waals surface area contributed by atoms with Crippen molar-refractivity contribution in [3.63, 3.8) is 0 Å². The molecule has 0 bridgehead atoms. The second-order valence-electron chi connectivity index (χ2n) is 4.73. The van der Waals surface area contributed by atoms with E-state index in [0.29, 0.717) is 23.1 Å². The molecule has 0 spiro atoms. The van der Waals surface area contributed by atoms with Gasteiger partial charge in [0.25, 0.3) is 0 Å². The average molecular weight is 302 g/mol. The molecule has 1 heterocycles. The number of fused-ring (bicyclic) bond motifs is 1. The van der Waals surface area contributed by atoms with Crippen LogP contribution in [0.1, 0.15) is 12.7 Å². The maximum absolute atomic E-state index is 6.02. The molecule has 0 fully saturated rings. The van der Waals surface area contributed by atoms with Crippen molar-refractivity contribution in [2.75, 3.05) is 5.73 Å². The molecule has 21 heavy (non-hydrogen) atoms. The largest absolute Gasteiger partial charge is 0.484 e. The average Bonchev–Trinajstić information content (AvgIpc) is 2.82. The molecule has 0 amide bonds. The van der Waals surface area contributed by atoms with Crippen molar-refractivity contribution in [1.29, 1.82) is 0 Å². The number of aryl methyl sites for hydroxylation is 1. The van der Waals surface area contributed by atoms with Gasteiger partial charge in [-0.05, 0) is 37.3 Å². The third kappa shape index (κ3) is 2.67. The third-order valence-corrected chi connectivity index (χ3v) is 3.62. The molecule has 0 radical (unpaired) electrons. The van der Waals surface area contributed by atoms with Crippen molar-refractivity contribution in [2.24, 2.45) is 0 Å². The van der Waals surface area contributed by atoms with Gasteiger partial charge in [-0.1, -0.05) is 23.7 Å². The number of nitrogens with zero attached hydrogens (tertiary/aromatic N) is 2. The van der Waals surface area contributed by atoms with Gasteiger partial charge in [-0.25, -0.2) is 4.98 Å². The summed E-state index contributed by atoms with van der Waals surface area (Å²) in [6.45, 7) is 3.27. The van der Waals surface area contributed by atoms with Crippen molar-refractivity contribution in [2.45, 2.75) is 20.1 Å². The number of ether oxygens (including phenoxy) is 1. The minimum Gasteiger partial charge on any atom is -0.484 e. The summed E-state index contributed by atoms with van der Waals surface area (Å²) in [5, 5.41) is 0.683. The minimum atomic E-state index is 0.369. The normalized spacial score (nSPS) is 11.0. The van der Waals surface area contributed by atoms with Gasteiger partial charge in [0.1, 0.15) is 18.2 Å². The lowest BCUT2D eigenvalue weighted by Gasteiger charge is -2.09. The summed E-state index contributed by atoms with van der Waals surface area (Å²) in [4.78, 5) is 4.60. The maximum atomic E-state index is 6.02. The molecule has 4 nitrogen and oxygen atoms in total. The van der Waals surface area contributed by atoms with Gasteiger partial charge in [-0.2, -0.15) is 0 Å². The lowest BCUT2D eigenvalue weighted by Crippen LogP contribution is -2.06. The molecule has 2 aromatic carbocycles. The van der Waals surface area contributed by atoms with Gasteiger partial charge in [-0.15, -0.1) is 0 Å². The first-order valence-electron chi connectivity index (χ1n) is 6.81. The number of rotatable bonds is 4. The first-order valence-corrected chi connectivity index (χ1v) is 7.19. The molecule has 0 saturated heterocycles. The van der Waals surface area contributed by atoms with Crippen molar-refractivity contribution < 1.29 is 4.74 Å². The van der Waals surface area contributed by atoms with Gasteiger partial charge in [-0.3, -0.25) is 0 Å². The quantitative estimate of drug-likeness (QED) is 0.744. The lowest BCUT2D eigenvalue weighted by molar-refractivity contribution is 0.292. The van der Waals surface area contributed by atoms with E-state index in [4.69, 9.17) is 22.1 Å². The van der Waals surface area contributed by atoms with Crippen LogP contribution in [0.15, 0.2) is 42.5 Å². The van der Waals surface area contributed by atoms with Crippen LogP contribution in [0.4, 0.5) is 5.69 Å². The van der Waals surface area contributed by atoms with Crippen LogP contribution in [0.5, 0.6) is 5.75 Å². The first-order chi connectivity index (χ1) is 10.2. The number of aromatic nitrogens is 2. The number of nitrogens with two attached hydrogens (primary N) is 1. The Hall–Kier alpha value is -2.20. The smallest absolute Gasteiger partial charge is 0.147 e. The molecule has 0 aliphatic carbocycles. The van der Waals surface area contributed by atoms with Crippen molar-refractivity contribution in [3.05, 3.63) is 53.3 Å². The number of imidazole rings is 1. The Morgan fingerprint density at radius 1 is 1.24 bits per heavy atom. The van der Waals surface area contributed by atoms with E-state index in [1.165, 1.54) is 0 Å². The Morgan fingerprint density at radius 3 is 2.81 bits per heavy atom. The topological polar surface area (TPSA) is 53.1 Å². The van der Waals surface area contributed by atoms with Gasteiger partial charge >= 0.3 is 0 Å². The molecular formula is C16H16ClN3O. The SMILES string of the molecule is CCn1c(COc2ccccc2N)nc2cc(Cl)ccc21. The molecule has 0 atom stereocenters. The molecule has 5 heteroatoms. The van der Waals surface area contributed by atoms with Gasteiger partial charge in [0.05, 0.1) is 16.7 Å². The van der Waals surface area contributed by atoms with Crippen LogP contribution in [-0.2, 0) is 13.2 Å². The fourth-order valence-electron chi connectivity index (χ4n) is 2.37. The van der Waals surface area contributed by atoms with Crippen LogP contribution in [0.3, 0.4) is 0 Å². The summed E-state index contributed by atoms with van der Waals surface area (Å²) < 4.78 is 7.90. The van der Waals surface area contributed by atoms with E-state index < -0.39 is 0 Å². The minimum absolute atomic E-state index is 0.369. The zero-order chi connectivity index (χ0) is 14.8. The third-order valence-electron chi connectivity index (χ3n) is 3.38. The van der Waals surface area contributed by atoms with E-state index in [2.05, 4.69) is 16.5 Å². The van der Waals surface area contributed by atoms with Gasteiger partial charge in [0.15, 0.2) is 0 Å². The standard InChI is InChI=1S/C16H16ClN3O/c1-2-20-14-8-7-11(17)9-13(14)19-16(20)10-21-15-6-4-3-5-12(15)18/h3-9H,2,10,18H2,1H3. The second-order valence-corrected chi connectivity index (χ2v) is 5.17. The van der Waals surface area contributed by atoms with Crippen LogP contribution in [0.2, 0.25) is 5.02 Å². The fraction of sp³-hybridized carbons (Fsp3) is 0.188. The zero-order valence-electron chi connectivity index (χ0n) is 11.7. The van der Waals surface area contributed by atoms with Crippen molar-refractivity contribution in [3.8, 4) is 5.75 Å². The predicted molar refractivity (Wildman–Crippen MR) is 85.6 cm³/mol. The molecule has 0 saturated carbocycles.